The van der Waals surface area contributed by atoms with E-state index in [0.717, 1.165) is 11.8 Å². The van der Waals surface area contributed by atoms with Crippen molar-refractivity contribution in [1.29, 1.82) is 0 Å². The molecule has 0 heterocycles. The summed E-state index contributed by atoms with van der Waals surface area (Å²) >= 11 is 0. The van der Waals surface area contributed by atoms with Crippen LogP contribution in [0.25, 0.3) is 0 Å². The molecule has 16 heavy (non-hydrogen) atoms. The molecule has 1 aliphatic rings. The maximum absolute atomic E-state index is 4.27. The maximum atomic E-state index is 4.27. The molecule has 0 nitrogen and oxygen atoms in total. The fourth-order valence-electron chi connectivity index (χ4n) is 4.39. The predicted octanol–water partition coefficient (Wildman–Crippen LogP) is 4.83. The van der Waals surface area contributed by atoms with Crippen molar-refractivity contribution in [3.63, 3.8) is 0 Å². The highest BCUT2D eigenvalue weighted by atomic mass is 14.5. The molecule has 1 fully saturated rings. The number of hydrogen-bond acceptors (Lipinski definition) is 0. The van der Waals surface area contributed by atoms with Gasteiger partial charge in [-0.2, -0.15) is 0 Å². The van der Waals surface area contributed by atoms with Gasteiger partial charge in [-0.05, 0) is 30.5 Å². The average Bonchev–Trinajstić information content (AvgIpc) is 2.57. The first-order valence-corrected chi connectivity index (χ1v) is 7.27. The molecular formula is C15H29B. The summed E-state index contributed by atoms with van der Waals surface area (Å²) < 4.78 is 0. The second-order valence-corrected chi connectivity index (χ2v) is 5.81. The normalized spacial score (nSPS) is 34.0. The van der Waals surface area contributed by atoms with Crippen LogP contribution in [0.2, 0.25) is 11.6 Å². The Kier molecular flexibility index (Phi) is 5.14. The lowest BCUT2D eigenvalue weighted by atomic mass is 9.41. The average molecular weight is 220 g/mol. The SMILES string of the molecule is C=C(C)C1CCC(CC)C1(BCC)CCC. The van der Waals surface area contributed by atoms with Crippen LogP contribution < -0.4 is 0 Å². The Morgan fingerprint density at radius 3 is 2.44 bits per heavy atom. The van der Waals surface area contributed by atoms with E-state index in [2.05, 4.69) is 34.3 Å². The Morgan fingerprint density at radius 2 is 2.00 bits per heavy atom. The van der Waals surface area contributed by atoms with Gasteiger partial charge in [0.25, 0.3) is 0 Å². The zero-order valence-corrected chi connectivity index (χ0v) is 11.8. The van der Waals surface area contributed by atoms with Crippen molar-refractivity contribution < 1.29 is 0 Å². The molecule has 0 aromatic carbocycles. The highest BCUT2D eigenvalue weighted by Crippen LogP contribution is 2.60. The van der Waals surface area contributed by atoms with E-state index < -0.39 is 0 Å². The minimum Gasteiger partial charge on any atom is -0.0999 e. The van der Waals surface area contributed by atoms with Crippen molar-refractivity contribution in [1.82, 2.24) is 0 Å². The van der Waals surface area contributed by atoms with Gasteiger partial charge in [0, 0.05) is 0 Å². The van der Waals surface area contributed by atoms with Crippen LogP contribution in [0, 0.1) is 11.8 Å². The first-order chi connectivity index (χ1) is 7.62. The van der Waals surface area contributed by atoms with E-state index in [1.54, 1.807) is 0 Å². The molecule has 3 unspecified atom stereocenters. The van der Waals surface area contributed by atoms with Gasteiger partial charge in [-0.25, -0.2) is 0 Å². The lowest BCUT2D eigenvalue weighted by Gasteiger charge is -2.40. The smallest absolute Gasteiger partial charge is 0.0999 e. The topological polar surface area (TPSA) is 0 Å². The van der Waals surface area contributed by atoms with Crippen LogP contribution in [-0.4, -0.2) is 7.28 Å². The fraction of sp³-hybridized carbons (Fsp3) is 0.867. The first kappa shape index (κ1) is 13.9. The molecule has 0 aromatic rings. The summed E-state index contributed by atoms with van der Waals surface area (Å²) in [4.78, 5) is 0. The van der Waals surface area contributed by atoms with Gasteiger partial charge < -0.3 is 0 Å². The highest BCUT2D eigenvalue weighted by molar-refractivity contribution is 6.40. The number of rotatable bonds is 6. The third-order valence-corrected chi connectivity index (χ3v) is 4.83. The summed E-state index contributed by atoms with van der Waals surface area (Å²) in [6.45, 7) is 13.6. The molecule has 0 aromatic heterocycles. The largest absolute Gasteiger partial charge is 0.128 e. The van der Waals surface area contributed by atoms with Crippen molar-refractivity contribution >= 4 is 7.28 Å². The molecule has 1 rings (SSSR count). The second-order valence-electron chi connectivity index (χ2n) is 5.81. The Morgan fingerprint density at radius 1 is 1.31 bits per heavy atom. The lowest BCUT2D eigenvalue weighted by molar-refractivity contribution is 0.325. The van der Waals surface area contributed by atoms with Crippen LogP contribution in [-0.2, 0) is 0 Å². The van der Waals surface area contributed by atoms with Crippen LogP contribution in [0.15, 0.2) is 12.2 Å². The van der Waals surface area contributed by atoms with E-state index in [1.807, 2.05) is 0 Å². The quantitative estimate of drug-likeness (QED) is 0.444. The van der Waals surface area contributed by atoms with Crippen LogP contribution in [0.4, 0.5) is 0 Å². The molecule has 1 aliphatic carbocycles. The summed E-state index contributed by atoms with van der Waals surface area (Å²) in [5, 5.41) is 0.601. The Bertz CT molecular complexity index is 226. The molecule has 0 N–H and O–H groups in total. The second kappa shape index (κ2) is 5.93. The number of allylic oxidation sites excluding steroid dienone is 1. The summed E-state index contributed by atoms with van der Waals surface area (Å²) in [5.74, 6) is 1.76. The van der Waals surface area contributed by atoms with Crippen molar-refractivity contribution in [2.75, 3.05) is 0 Å². The highest BCUT2D eigenvalue weighted by Gasteiger charge is 2.47. The minimum absolute atomic E-state index is 0.601. The Balaban J connectivity index is 2.97. The third-order valence-electron chi connectivity index (χ3n) is 4.83. The molecule has 0 amide bonds. The fourth-order valence-corrected chi connectivity index (χ4v) is 4.39. The molecule has 0 radical (unpaired) electrons. The van der Waals surface area contributed by atoms with Crippen molar-refractivity contribution in [2.24, 2.45) is 11.8 Å². The summed E-state index contributed by atoms with van der Waals surface area (Å²) in [6, 6.07) is 0. The van der Waals surface area contributed by atoms with Gasteiger partial charge in [-0.15, -0.1) is 0 Å². The first-order valence-electron chi connectivity index (χ1n) is 7.27. The Hall–Kier alpha value is -0.195. The minimum atomic E-state index is 0.601. The van der Waals surface area contributed by atoms with Crippen LogP contribution >= 0.6 is 0 Å². The van der Waals surface area contributed by atoms with Crippen molar-refractivity contribution in [3.05, 3.63) is 12.2 Å². The molecule has 0 bridgehead atoms. The van der Waals surface area contributed by atoms with Gasteiger partial charge >= 0.3 is 0 Å². The molecule has 1 heteroatoms. The zero-order chi connectivity index (χ0) is 12.2. The predicted molar refractivity (Wildman–Crippen MR) is 76.6 cm³/mol. The molecular weight excluding hydrogens is 191 g/mol. The van der Waals surface area contributed by atoms with Crippen molar-refractivity contribution in [2.45, 2.75) is 71.4 Å². The van der Waals surface area contributed by atoms with E-state index >= 15 is 0 Å². The molecule has 3 atom stereocenters. The van der Waals surface area contributed by atoms with Gasteiger partial charge in [0.05, 0.1) is 0 Å². The van der Waals surface area contributed by atoms with Crippen LogP contribution in [0.5, 0.6) is 0 Å². The zero-order valence-electron chi connectivity index (χ0n) is 11.8. The van der Waals surface area contributed by atoms with Crippen LogP contribution in [0.3, 0.4) is 0 Å². The summed E-state index contributed by atoms with van der Waals surface area (Å²) in [5.41, 5.74) is 1.44. The van der Waals surface area contributed by atoms with E-state index in [9.17, 15) is 0 Å². The van der Waals surface area contributed by atoms with E-state index in [0.29, 0.717) is 5.31 Å². The van der Waals surface area contributed by atoms with Gasteiger partial charge in [-0.1, -0.05) is 64.9 Å². The third kappa shape index (κ3) is 2.39. The van der Waals surface area contributed by atoms with Gasteiger partial charge in [0.15, 0.2) is 0 Å². The standard InChI is InChI=1S/C15H29B/c1-6-11-15(16-8-3)13(7-2)9-10-14(15)12(4)5/h13-14,16H,4,6-11H2,1-3,5H3. The van der Waals surface area contributed by atoms with Gasteiger partial charge in [0.2, 0.25) is 0 Å². The van der Waals surface area contributed by atoms with Gasteiger partial charge in [-0.3, -0.25) is 0 Å². The van der Waals surface area contributed by atoms with E-state index in [-0.39, 0.29) is 0 Å². The molecule has 1 saturated carbocycles. The molecule has 0 saturated heterocycles. The molecule has 0 aliphatic heterocycles. The Labute approximate surface area is 103 Å². The van der Waals surface area contributed by atoms with Crippen molar-refractivity contribution in [3.8, 4) is 0 Å². The van der Waals surface area contributed by atoms with E-state index in [4.69, 9.17) is 0 Å². The summed E-state index contributed by atoms with van der Waals surface area (Å²) in [7, 11) is 1.41. The molecule has 0 spiro atoms. The molecule has 92 valence electrons. The van der Waals surface area contributed by atoms with E-state index in [1.165, 1.54) is 51.3 Å². The summed E-state index contributed by atoms with van der Waals surface area (Å²) in [6.07, 6.45) is 8.28. The van der Waals surface area contributed by atoms with Gasteiger partial charge in [0.1, 0.15) is 7.28 Å². The van der Waals surface area contributed by atoms with Crippen LogP contribution in [0.1, 0.15) is 59.8 Å². The number of hydrogen-bond donors (Lipinski definition) is 0. The lowest BCUT2D eigenvalue weighted by Crippen LogP contribution is -2.31. The monoisotopic (exact) mass is 220 g/mol. The maximum Gasteiger partial charge on any atom is 0.128 e.